The van der Waals surface area contributed by atoms with Gasteiger partial charge >= 0.3 is 0 Å². The predicted molar refractivity (Wildman–Crippen MR) is 126 cm³/mol. The molecule has 0 aliphatic carbocycles. The van der Waals surface area contributed by atoms with Crippen molar-refractivity contribution in [3.05, 3.63) is 59.7 Å². The van der Waals surface area contributed by atoms with Crippen molar-refractivity contribution in [2.24, 2.45) is 5.41 Å². The number of anilines is 1. The SMILES string of the molecule is CC(NC(=O)C(C)(C)Cc1nc2ccccc2[nH]1)c1cc(F)ccc1N1CCN(C)CC1. The third kappa shape index (κ3) is 4.78. The molecule has 1 atom stereocenters. The summed E-state index contributed by atoms with van der Waals surface area (Å²) in [6, 6.07) is 12.4. The minimum Gasteiger partial charge on any atom is -0.369 e. The minimum atomic E-state index is -0.677. The van der Waals surface area contributed by atoms with Crippen LogP contribution in [-0.2, 0) is 11.2 Å². The molecule has 3 aromatic rings. The first-order valence-electron chi connectivity index (χ1n) is 11.2. The zero-order valence-corrected chi connectivity index (χ0v) is 19.3. The Balaban J connectivity index is 1.49. The van der Waals surface area contributed by atoms with Crippen LogP contribution in [0.15, 0.2) is 42.5 Å². The van der Waals surface area contributed by atoms with Crippen LogP contribution in [0.5, 0.6) is 0 Å². The molecule has 1 fully saturated rings. The van der Waals surface area contributed by atoms with Crippen LogP contribution in [0.3, 0.4) is 0 Å². The Morgan fingerprint density at radius 3 is 2.62 bits per heavy atom. The second kappa shape index (κ2) is 8.90. The predicted octanol–water partition coefficient (Wildman–Crippen LogP) is 3.90. The Morgan fingerprint density at radius 2 is 1.91 bits per heavy atom. The number of aromatic amines is 1. The maximum Gasteiger partial charge on any atom is 0.226 e. The molecule has 0 radical (unpaired) electrons. The zero-order valence-electron chi connectivity index (χ0n) is 19.3. The number of piperazine rings is 1. The van der Waals surface area contributed by atoms with Gasteiger partial charge in [-0.2, -0.15) is 0 Å². The van der Waals surface area contributed by atoms with Gasteiger partial charge in [-0.25, -0.2) is 9.37 Å². The van der Waals surface area contributed by atoms with Gasteiger partial charge in [0.25, 0.3) is 0 Å². The summed E-state index contributed by atoms with van der Waals surface area (Å²) in [6.45, 7) is 9.43. The molecule has 2 heterocycles. The van der Waals surface area contributed by atoms with Gasteiger partial charge in [0, 0.05) is 43.9 Å². The first-order valence-corrected chi connectivity index (χ1v) is 11.2. The van der Waals surface area contributed by atoms with Gasteiger partial charge in [0.15, 0.2) is 0 Å². The molecule has 1 amide bonds. The van der Waals surface area contributed by atoms with Crippen molar-refractivity contribution in [1.82, 2.24) is 20.2 Å². The number of halogens is 1. The summed E-state index contributed by atoms with van der Waals surface area (Å²) >= 11 is 0. The van der Waals surface area contributed by atoms with Gasteiger partial charge in [0.1, 0.15) is 11.6 Å². The molecule has 6 nitrogen and oxygen atoms in total. The highest BCUT2D eigenvalue weighted by atomic mass is 19.1. The number of likely N-dealkylation sites (N-methyl/N-ethyl adjacent to an activating group) is 1. The first kappa shape index (κ1) is 22.3. The number of carbonyl (C=O) groups is 1. The molecular formula is C25H32FN5O. The fourth-order valence-electron chi connectivity index (χ4n) is 4.27. The number of carbonyl (C=O) groups excluding carboxylic acids is 1. The molecule has 4 rings (SSSR count). The van der Waals surface area contributed by atoms with Crippen LogP contribution in [0.4, 0.5) is 10.1 Å². The van der Waals surface area contributed by atoms with E-state index in [4.69, 9.17) is 0 Å². The van der Waals surface area contributed by atoms with Crippen LogP contribution in [0, 0.1) is 11.2 Å². The normalized spacial score (nSPS) is 16.3. The van der Waals surface area contributed by atoms with E-state index in [1.54, 1.807) is 6.07 Å². The van der Waals surface area contributed by atoms with Gasteiger partial charge in [0.05, 0.1) is 22.5 Å². The monoisotopic (exact) mass is 437 g/mol. The Labute approximate surface area is 188 Å². The van der Waals surface area contributed by atoms with E-state index in [0.717, 1.165) is 54.3 Å². The summed E-state index contributed by atoms with van der Waals surface area (Å²) in [5.41, 5.74) is 2.97. The lowest BCUT2D eigenvalue weighted by Gasteiger charge is -2.36. The van der Waals surface area contributed by atoms with E-state index in [9.17, 15) is 9.18 Å². The number of imidazole rings is 1. The lowest BCUT2D eigenvalue weighted by atomic mass is 9.87. The number of nitrogens with one attached hydrogen (secondary N) is 2. The first-order chi connectivity index (χ1) is 15.2. The highest BCUT2D eigenvalue weighted by Crippen LogP contribution is 2.30. The second-order valence-corrected chi connectivity index (χ2v) is 9.45. The van der Waals surface area contributed by atoms with Crippen LogP contribution in [0.25, 0.3) is 11.0 Å². The maximum absolute atomic E-state index is 14.1. The van der Waals surface area contributed by atoms with Gasteiger partial charge in [-0.1, -0.05) is 26.0 Å². The van der Waals surface area contributed by atoms with Crippen molar-refractivity contribution < 1.29 is 9.18 Å². The molecule has 0 saturated carbocycles. The molecular weight excluding hydrogens is 405 g/mol. The Bertz CT molecular complexity index is 1070. The number of amides is 1. The minimum absolute atomic E-state index is 0.0842. The summed E-state index contributed by atoms with van der Waals surface area (Å²) in [4.78, 5) is 25.7. The number of hydrogen-bond donors (Lipinski definition) is 2. The van der Waals surface area contributed by atoms with Crippen molar-refractivity contribution in [2.75, 3.05) is 38.1 Å². The quantitative estimate of drug-likeness (QED) is 0.614. The van der Waals surface area contributed by atoms with Crippen LogP contribution < -0.4 is 10.2 Å². The standard InChI is InChI=1S/C25H32FN5O/c1-17(19-15-18(26)9-10-22(19)31-13-11-30(4)12-14-31)27-24(32)25(2,3)16-23-28-20-7-5-6-8-21(20)29-23/h5-10,15,17H,11-14,16H2,1-4H3,(H,27,32)(H,28,29). The Hall–Kier alpha value is -2.93. The van der Waals surface area contributed by atoms with E-state index < -0.39 is 5.41 Å². The van der Waals surface area contributed by atoms with Gasteiger partial charge in [-0.3, -0.25) is 4.79 Å². The maximum atomic E-state index is 14.1. The molecule has 2 aromatic carbocycles. The second-order valence-electron chi connectivity index (χ2n) is 9.45. The molecule has 1 aromatic heterocycles. The van der Waals surface area contributed by atoms with E-state index in [1.165, 1.54) is 6.07 Å². The van der Waals surface area contributed by atoms with E-state index >= 15 is 0 Å². The molecule has 2 N–H and O–H groups in total. The molecule has 170 valence electrons. The Morgan fingerprint density at radius 1 is 1.19 bits per heavy atom. The number of hydrogen-bond acceptors (Lipinski definition) is 4. The van der Waals surface area contributed by atoms with Crippen LogP contribution in [0.2, 0.25) is 0 Å². The molecule has 0 spiro atoms. The summed E-state index contributed by atoms with van der Waals surface area (Å²) in [5, 5.41) is 3.12. The highest BCUT2D eigenvalue weighted by Gasteiger charge is 2.31. The van der Waals surface area contributed by atoms with Gasteiger partial charge in [-0.05, 0) is 44.3 Å². The fourth-order valence-corrected chi connectivity index (χ4v) is 4.27. The van der Waals surface area contributed by atoms with E-state index in [1.807, 2.05) is 51.1 Å². The lowest BCUT2D eigenvalue weighted by Crippen LogP contribution is -2.45. The topological polar surface area (TPSA) is 64.3 Å². The lowest BCUT2D eigenvalue weighted by molar-refractivity contribution is -0.130. The Kier molecular flexibility index (Phi) is 6.20. The summed E-state index contributed by atoms with van der Waals surface area (Å²) in [7, 11) is 2.11. The van der Waals surface area contributed by atoms with Gasteiger partial charge in [0.2, 0.25) is 5.91 Å². The molecule has 1 unspecified atom stereocenters. The number of benzene rings is 2. The number of fused-ring (bicyclic) bond motifs is 1. The zero-order chi connectivity index (χ0) is 22.9. The largest absolute Gasteiger partial charge is 0.369 e. The van der Waals surface area contributed by atoms with Crippen molar-refractivity contribution in [2.45, 2.75) is 33.2 Å². The fraction of sp³-hybridized carbons (Fsp3) is 0.440. The molecule has 1 aliphatic heterocycles. The smallest absolute Gasteiger partial charge is 0.226 e. The van der Waals surface area contributed by atoms with Crippen molar-refractivity contribution >= 4 is 22.6 Å². The molecule has 32 heavy (non-hydrogen) atoms. The van der Waals surface area contributed by atoms with Crippen molar-refractivity contribution in [3.8, 4) is 0 Å². The third-order valence-electron chi connectivity index (χ3n) is 6.31. The molecule has 1 saturated heterocycles. The number of H-pyrrole nitrogens is 1. The summed E-state index contributed by atoms with van der Waals surface area (Å²) in [6.07, 6.45) is 0.481. The average molecular weight is 438 g/mol. The third-order valence-corrected chi connectivity index (χ3v) is 6.31. The van der Waals surface area contributed by atoms with Crippen molar-refractivity contribution in [1.29, 1.82) is 0 Å². The van der Waals surface area contributed by atoms with Crippen LogP contribution >= 0.6 is 0 Å². The molecule has 0 bridgehead atoms. The highest BCUT2D eigenvalue weighted by molar-refractivity contribution is 5.83. The van der Waals surface area contributed by atoms with E-state index in [0.29, 0.717) is 6.42 Å². The van der Waals surface area contributed by atoms with Crippen molar-refractivity contribution in [3.63, 3.8) is 0 Å². The summed E-state index contributed by atoms with van der Waals surface area (Å²) in [5.74, 6) is 0.405. The van der Waals surface area contributed by atoms with Gasteiger partial charge in [-0.15, -0.1) is 0 Å². The number of rotatable bonds is 6. The molecule has 7 heteroatoms. The van der Waals surface area contributed by atoms with E-state index in [2.05, 4.69) is 32.1 Å². The van der Waals surface area contributed by atoms with Crippen LogP contribution in [-0.4, -0.2) is 54.0 Å². The number of aromatic nitrogens is 2. The van der Waals surface area contributed by atoms with Crippen LogP contribution in [0.1, 0.15) is 38.2 Å². The molecule has 1 aliphatic rings. The average Bonchev–Trinajstić information content (AvgIpc) is 3.16. The van der Waals surface area contributed by atoms with Gasteiger partial charge < -0.3 is 20.1 Å². The van der Waals surface area contributed by atoms with E-state index in [-0.39, 0.29) is 17.8 Å². The summed E-state index contributed by atoms with van der Waals surface area (Å²) < 4.78 is 14.1. The number of nitrogens with zero attached hydrogens (tertiary/aromatic N) is 3. The number of para-hydroxylation sites is 2.